The molecular weight excluding hydrogens is 244 g/mol. The third kappa shape index (κ3) is 3.56. The highest BCUT2D eigenvalue weighted by Crippen LogP contribution is 2.15. The standard InChI is InChI=1S/C14H22N2OS/c1-2-8-16(12-5-3-7-15-11-12)14(17)10-13-6-4-9-18-13/h4,6,9,12,15H,2-3,5,7-8,10-11H2,1H3. The molecule has 1 fully saturated rings. The summed E-state index contributed by atoms with van der Waals surface area (Å²) in [5.74, 6) is 0.285. The van der Waals surface area contributed by atoms with Crippen molar-refractivity contribution in [1.82, 2.24) is 10.2 Å². The molecule has 4 heteroatoms. The van der Waals surface area contributed by atoms with Crippen LogP contribution >= 0.6 is 11.3 Å². The maximum Gasteiger partial charge on any atom is 0.228 e. The van der Waals surface area contributed by atoms with Gasteiger partial charge in [-0.2, -0.15) is 0 Å². The van der Waals surface area contributed by atoms with E-state index in [9.17, 15) is 4.79 Å². The van der Waals surface area contributed by atoms with Crippen LogP contribution in [-0.4, -0.2) is 36.5 Å². The van der Waals surface area contributed by atoms with Crippen LogP contribution in [0.15, 0.2) is 17.5 Å². The van der Waals surface area contributed by atoms with Crippen molar-refractivity contribution < 1.29 is 4.79 Å². The van der Waals surface area contributed by atoms with Gasteiger partial charge in [-0.05, 0) is 37.3 Å². The molecule has 1 aliphatic heterocycles. The molecule has 18 heavy (non-hydrogen) atoms. The molecule has 1 amide bonds. The van der Waals surface area contributed by atoms with Gasteiger partial charge in [0, 0.05) is 24.0 Å². The number of carbonyl (C=O) groups is 1. The van der Waals surface area contributed by atoms with Crippen molar-refractivity contribution in [3.05, 3.63) is 22.4 Å². The molecule has 1 N–H and O–H groups in total. The average molecular weight is 266 g/mol. The first-order valence-corrected chi connectivity index (χ1v) is 7.71. The van der Waals surface area contributed by atoms with Crippen molar-refractivity contribution in [2.45, 2.75) is 38.6 Å². The van der Waals surface area contributed by atoms with Gasteiger partial charge in [-0.25, -0.2) is 0 Å². The van der Waals surface area contributed by atoms with E-state index < -0.39 is 0 Å². The normalized spacial score (nSPS) is 19.7. The van der Waals surface area contributed by atoms with E-state index in [1.54, 1.807) is 11.3 Å². The van der Waals surface area contributed by atoms with E-state index in [1.807, 2.05) is 17.5 Å². The van der Waals surface area contributed by atoms with E-state index >= 15 is 0 Å². The van der Waals surface area contributed by atoms with Crippen molar-refractivity contribution in [2.24, 2.45) is 0 Å². The molecule has 0 aromatic carbocycles. The Labute approximate surface area is 113 Å². The number of hydrogen-bond donors (Lipinski definition) is 1. The Kier molecular flexibility index (Phi) is 5.20. The second kappa shape index (κ2) is 6.90. The van der Waals surface area contributed by atoms with Crippen LogP contribution in [-0.2, 0) is 11.2 Å². The SMILES string of the molecule is CCCN(C(=O)Cc1cccs1)C1CCCNC1. The van der Waals surface area contributed by atoms with Gasteiger partial charge < -0.3 is 10.2 Å². The molecule has 100 valence electrons. The van der Waals surface area contributed by atoms with Crippen LogP contribution < -0.4 is 5.32 Å². The molecule has 0 saturated carbocycles. The van der Waals surface area contributed by atoms with Crippen molar-refractivity contribution in [3.63, 3.8) is 0 Å². The molecule has 1 aliphatic rings. The van der Waals surface area contributed by atoms with Crippen LogP contribution in [0.3, 0.4) is 0 Å². The number of hydrogen-bond acceptors (Lipinski definition) is 3. The van der Waals surface area contributed by atoms with Crippen molar-refractivity contribution in [3.8, 4) is 0 Å². The number of piperidine rings is 1. The molecule has 1 unspecified atom stereocenters. The maximum absolute atomic E-state index is 12.4. The zero-order valence-electron chi connectivity index (χ0n) is 11.0. The lowest BCUT2D eigenvalue weighted by atomic mass is 10.0. The van der Waals surface area contributed by atoms with E-state index in [1.165, 1.54) is 11.3 Å². The maximum atomic E-state index is 12.4. The van der Waals surface area contributed by atoms with Crippen LogP contribution in [0.25, 0.3) is 0 Å². The smallest absolute Gasteiger partial charge is 0.228 e. The predicted molar refractivity (Wildman–Crippen MR) is 75.9 cm³/mol. The van der Waals surface area contributed by atoms with Gasteiger partial charge in [-0.1, -0.05) is 13.0 Å². The fraction of sp³-hybridized carbons (Fsp3) is 0.643. The third-order valence-electron chi connectivity index (χ3n) is 3.40. The molecule has 1 aromatic heterocycles. The number of thiophene rings is 1. The lowest BCUT2D eigenvalue weighted by molar-refractivity contribution is -0.133. The Bertz CT molecular complexity index is 358. The molecule has 0 spiro atoms. The van der Waals surface area contributed by atoms with E-state index in [-0.39, 0.29) is 5.91 Å². The summed E-state index contributed by atoms with van der Waals surface area (Å²) in [7, 11) is 0. The van der Waals surface area contributed by atoms with Crippen LogP contribution in [0.2, 0.25) is 0 Å². The summed E-state index contributed by atoms with van der Waals surface area (Å²) in [4.78, 5) is 15.7. The van der Waals surface area contributed by atoms with Gasteiger partial charge in [0.1, 0.15) is 0 Å². The third-order valence-corrected chi connectivity index (χ3v) is 4.28. The van der Waals surface area contributed by atoms with E-state index in [4.69, 9.17) is 0 Å². The van der Waals surface area contributed by atoms with Gasteiger partial charge in [-0.15, -0.1) is 11.3 Å². The second-order valence-corrected chi connectivity index (χ2v) is 5.88. The average Bonchev–Trinajstić information content (AvgIpc) is 2.89. The summed E-state index contributed by atoms with van der Waals surface area (Å²) in [6, 6.07) is 4.46. The summed E-state index contributed by atoms with van der Waals surface area (Å²) in [6.07, 6.45) is 3.92. The minimum absolute atomic E-state index is 0.285. The van der Waals surface area contributed by atoms with Crippen LogP contribution in [0.1, 0.15) is 31.1 Å². The summed E-state index contributed by atoms with van der Waals surface area (Å²) < 4.78 is 0. The molecule has 0 radical (unpaired) electrons. The van der Waals surface area contributed by atoms with Crippen LogP contribution in [0.4, 0.5) is 0 Å². The summed E-state index contributed by atoms with van der Waals surface area (Å²) in [5.41, 5.74) is 0. The van der Waals surface area contributed by atoms with Gasteiger partial charge >= 0.3 is 0 Å². The Hall–Kier alpha value is -0.870. The number of nitrogens with one attached hydrogen (secondary N) is 1. The fourth-order valence-corrected chi connectivity index (χ4v) is 3.21. The molecule has 3 nitrogen and oxygen atoms in total. The predicted octanol–water partition coefficient (Wildman–Crippen LogP) is 2.28. The van der Waals surface area contributed by atoms with Gasteiger partial charge in [0.05, 0.1) is 6.42 Å². The van der Waals surface area contributed by atoms with Crippen LogP contribution in [0.5, 0.6) is 0 Å². The zero-order chi connectivity index (χ0) is 12.8. The molecule has 1 aromatic rings. The monoisotopic (exact) mass is 266 g/mol. The Morgan fingerprint density at radius 2 is 2.50 bits per heavy atom. The highest BCUT2D eigenvalue weighted by atomic mass is 32.1. The molecule has 0 bridgehead atoms. The van der Waals surface area contributed by atoms with E-state index in [0.29, 0.717) is 12.5 Å². The summed E-state index contributed by atoms with van der Waals surface area (Å²) in [5, 5.41) is 5.43. The zero-order valence-corrected chi connectivity index (χ0v) is 11.8. The fourth-order valence-electron chi connectivity index (χ4n) is 2.52. The lowest BCUT2D eigenvalue weighted by Crippen LogP contribution is -2.49. The van der Waals surface area contributed by atoms with Gasteiger partial charge in [0.2, 0.25) is 5.91 Å². The minimum Gasteiger partial charge on any atom is -0.338 e. The number of amides is 1. The summed E-state index contributed by atoms with van der Waals surface area (Å²) >= 11 is 1.67. The van der Waals surface area contributed by atoms with Crippen LogP contribution in [0, 0.1) is 0 Å². The number of carbonyl (C=O) groups excluding carboxylic acids is 1. The van der Waals surface area contributed by atoms with Crippen molar-refractivity contribution in [2.75, 3.05) is 19.6 Å². The first-order chi connectivity index (χ1) is 8.81. The highest BCUT2D eigenvalue weighted by Gasteiger charge is 2.24. The number of nitrogens with zero attached hydrogens (tertiary/aromatic N) is 1. The van der Waals surface area contributed by atoms with E-state index in [0.717, 1.165) is 32.5 Å². The summed E-state index contributed by atoms with van der Waals surface area (Å²) in [6.45, 7) is 5.07. The Morgan fingerprint density at radius 3 is 3.11 bits per heavy atom. The molecular formula is C14H22N2OS. The molecule has 2 heterocycles. The molecule has 1 atom stereocenters. The topological polar surface area (TPSA) is 32.3 Å². The highest BCUT2D eigenvalue weighted by molar-refractivity contribution is 7.10. The first kappa shape index (κ1) is 13.6. The first-order valence-electron chi connectivity index (χ1n) is 6.84. The Morgan fingerprint density at radius 1 is 1.61 bits per heavy atom. The van der Waals surface area contributed by atoms with Gasteiger partial charge in [0.15, 0.2) is 0 Å². The molecule has 0 aliphatic carbocycles. The quantitative estimate of drug-likeness (QED) is 0.887. The minimum atomic E-state index is 0.285. The van der Waals surface area contributed by atoms with Crippen molar-refractivity contribution in [1.29, 1.82) is 0 Å². The largest absolute Gasteiger partial charge is 0.338 e. The van der Waals surface area contributed by atoms with Crippen molar-refractivity contribution >= 4 is 17.2 Å². The van der Waals surface area contributed by atoms with Gasteiger partial charge in [0.25, 0.3) is 0 Å². The van der Waals surface area contributed by atoms with E-state index in [2.05, 4.69) is 17.1 Å². The number of rotatable bonds is 5. The molecule has 1 saturated heterocycles. The molecule has 2 rings (SSSR count). The second-order valence-electron chi connectivity index (χ2n) is 4.84. The van der Waals surface area contributed by atoms with Gasteiger partial charge in [-0.3, -0.25) is 4.79 Å². The Balaban J connectivity index is 1.97. The lowest BCUT2D eigenvalue weighted by Gasteiger charge is -2.34.